The molecule has 0 radical (unpaired) electrons. The third-order valence-electron chi connectivity index (χ3n) is 6.77. The summed E-state index contributed by atoms with van der Waals surface area (Å²) in [7, 11) is 1.69. The standard InChI is InChI=1S/C22H33N3O3/c1-28-18-6-4-5-17(15-18)24-13-10-22(27,11-14-24)16-25-12-9-19-20(25)7-2-3-8-21(26)23-19/h4-6,15,19-20,27H,2-3,7-14,16H2,1H3,(H,23,26)/t19-,20+/m0/s1. The molecule has 6 nitrogen and oxygen atoms in total. The molecule has 4 rings (SSSR count). The maximum Gasteiger partial charge on any atom is 0.220 e. The molecule has 2 N–H and O–H groups in total. The Labute approximate surface area is 167 Å². The maximum atomic E-state index is 12.0. The summed E-state index contributed by atoms with van der Waals surface area (Å²) in [5.41, 5.74) is 0.516. The van der Waals surface area contributed by atoms with Gasteiger partial charge in [0.15, 0.2) is 0 Å². The van der Waals surface area contributed by atoms with E-state index in [0.29, 0.717) is 12.5 Å². The average Bonchev–Trinajstić information content (AvgIpc) is 3.04. The third-order valence-corrected chi connectivity index (χ3v) is 6.77. The number of fused-ring (bicyclic) bond motifs is 1. The highest BCUT2D eigenvalue weighted by molar-refractivity contribution is 5.76. The van der Waals surface area contributed by atoms with Crippen LogP contribution in [0.15, 0.2) is 24.3 Å². The molecular weight excluding hydrogens is 354 g/mol. The Morgan fingerprint density at radius 2 is 2.04 bits per heavy atom. The zero-order chi connectivity index (χ0) is 19.6. The highest BCUT2D eigenvalue weighted by Crippen LogP contribution is 2.32. The van der Waals surface area contributed by atoms with Gasteiger partial charge in [-0.3, -0.25) is 9.69 Å². The van der Waals surface area contributed by atoms with Crippen LogP contribution in [-0.4, -0.2) is 66.9 Å². The van der Waals surface area contributed by atoms with Gasteiger partial charge in [-0.2, -0.15) is 0 Å². The number of ether oxygens (including phenoxy) is 1. The molecule has 0 aromatic heterocycles. The minimum atomic E-state index is -0.642. The van der Waals surface area contributed by atoms with E-state index in [9.17, 15) is 9.90 Å². The van der Waals surface area contributed by atoms with Crippen molar-refractivity contribution in [1.82, 2.24) is 10.2 Å². The molecule has 0 aliphatic carbocycles. The van der Waals surface area contributed by atoms with Crippen molar-refractivity contribution in [2.45, 2.75) is 62.6 Å². The zero-order valence-corrected chi connectivity index (χ0v) is 16.9. The van der Waals surface area contributed by atoms with Gasteiger partial charge < -0.3 is 20.1 Å². The van der Waals surface area contributed by atoms with Gasteiger partial charge in [0, 0.05) is 56.4 Å². The number of benzene rings is 1. The van der Waals surface area contributed by atoms with E-state index in [-0.39, 0.29) is 11.9 Å². The first-order chi connectivity index (χ1) is 13.6. The summed E-state index contributed by atoms with van der Waals surface area (Å²) in [6.45, 7) is 3.39. The molecule has 1 amide bonds. The topological polar surface area (TPSA) is 65.0 Å². The summed E-state index contributed by atoms with van der Waals surface area (Å²) in [5.74, 6) is 1.06. The summed E-state index contributed by atoms with van der Waals surface area (Å²) in [5, 5.41) is 14.5. The van der Waals surface area contributed by atoms with Gasteiger partial charge in [0.25, 0.3) is 0 Å². The summed E-state index contributed by atoms with van der Waals surface area (Å²) in [4.78, 5) is 16.7. The molecule has 3 heterocycles. The van der Waals surface area contributed by atoms with Crippen LogP contribution in [0.5, 0.6) is 5.75 Å². The van der Waals surface area contributed by atoms with E-state index in [1.54, 1.807) is 7.11 Å². The van der Waals surface area contributed by atoms with Crippen LogP contribution in [0.1, 0.15) is 44.9 Å². The third kappa shape index (κ3) is 4.28. The Morgan fingerprint density at radius 3 is 2.82 bits per heavy atom. The first-order valence-electron chi connectivity index (χ1n) is 10.7. The molecule has 0 spiro atoms. The second-order valence-electron chi connectivity index (χ2n) is 8.66. The number of likely N-dealkylation sites (tertiary alicyclic amines) is 1. The van der Waals surface area contributed by atoms with Gasteiger partial charge in [-0.05, 0) is 44.2 Å². The molecular formula is C22H33N3O3. The van der Waals surface area contributed by atoms with Crippen molar-refractivity contribution in [3.05, 3.63) is 24.3 Å². The first kappa shape index (κ1) is 19.5. The van der Waals surface area contributed by atoms with Crippen LogP contribution in [-0.2, 0) is 4.79 Å². The van der Waals surface area contributed by atoms with Crippen molar-refractivity contribution in [3.8, 4) is 5.75 Å². The molecule has 0 unspecified atom stereocenters. The van der Waals surface area contributed by atoms with Crippen LogP contribution in [0.4, 0.5) is 5.69 Å². The predicted octanol–water partition coefficient (Wildman–Crippen LogP) is 2.16. The van der Waals surface area contributed by atoms with Crippen molar-refractivity contribution in [1.29, 1.82) is 0 Å². The summed E-state index contributed by atoms with van der Waals surface area (Å²) in [6.07, 6.45) is 6.40. The quantitative estimate of drug-likeness (QED) is 0.829. The van der Waals surface area contributed by atoms with Crippen molar-refractivity contribution >= 4 is 11.6 Å². The maximum absolute atomic E-state index is 12.0. The van der Waals surface area contributed by atoms with E-state index < -0.39 is 5.60 Å². The Bertz CT molecular complexity index is 687. The van der Waals surface area contributed by atoms with Crippen LogP contribution in [0.3, 0.4) is 0 Å². The second kappa shape index (κ2) is 8.29. The molecule has 3 fully saturated rings. The number of carbonyl (C=O) groups excluding carboxylic acids is 1. The molecule has 2 atom stereocenters. The lowest BCUT2D eigenvalue weighted by atomic mass is 9.89. The van der Waals surface area contributed by atoms with Gasteiger partial charge in [-0.1, -0.05) is 12.5 Å². The van der Waals surface area contributed by atoms with Gasteiger partial charge in [0.1, 0.15) is 5.75 Å². The van der Waals surface area contributed by atoms with Gasteiger partial charge in [0.2, 0.25) is 5.91 Å². The van der Waals surface area contributed by atoms with E-state index in [4.69, 9.17) is 4.74 Å². The van der Waals surface area contributed by atoms with E-state index in [1.165, 1.54) is 0 Å². The normalized spacial score (nSPS) is 28.2. The van der Waals surface area contributed by atoms with Gasteiger partial charge in [-0.25, -0.2) is 0 Å². The van der Waals surface area contributed by atoms with E-state index in [0.717, 1.165) is 76.1 Å². The van der Waals surface area contributed by atoms with Crippen molar-refractivity contribution < 1.29 is 14.6 Å². The van der Waals surface area contributed by atoms with E-state index in [1.807, 2.05) is 12.1 Å². The highest BCUT2D eigenvalue weighted by Gasteiger charge is 2.41. The molecule has 3 saturated heterocycles. The van der Waals surface area contributed by atoms with Crippen LogP contribution in [0.25, 0.3) is 0 Å². The summed E-state index contributed by atoms with van der Waals surface area (Å²) < 4.78 is 5.34. The van der Waals surface area contributed by atoms with Gasteiger partial charge in [-0.15, -0.1) is 0 Å². The first-order valence-corrected chi connectivity index (χ1v) is 10.7. The van der Waals surface area contributed by atoms with E-state index in [2.05, 4.69) is 27.2 Å². The Balaban J connectivity index is 1.36. The number of hydrogen-bond donors (Lipinski definition) is 2. The van der Waals surface area contributed by atoms with Gasteiger partial charge >= 0.3 is 0 Å². The predicted molar refractivity (Wildman–Crippen MR) is 110 cm³/mol. The number of carbonyl (C=O) groups is 1. The van der Waals surface area contributed by atoms with Gasteiger partial charge in [0.05, 0.1) is 12.7 Å². The molecule has 1 aromatic carbocycles. The average molecular weight is 388 g/mol. The number of nitrogens with one attached hydrogen (secondary N) is 1. The number of rotatable bonds is 4. The molecule has 28 heavy (non-hydrogen) atoms. The molecule has 1 aromatic rings. The summed E-state index contributed by atoms with van der Waals surface area (Å²) in [6, 6.07) is 8.78. The van der Waals surface area contributed by atoms with E-state index >= 15 is 0 Å². The highest BCUT2D eigenvalue weighted by atomic mass is 16.5. The van der Waals surface area contributed by atoms with Crippen LogP contribution in [0, 0.1) is 0 Å². The summed E-state index contributed by atoms with van der Waals surface area (Å²) >= 11 is 0. The number of piperidine rings is 1. The number of methoxy groups -OCH3 is 1. The molecule has 3 aliphatic rings. The fourth-order valence-electron chi connectivity index (χ4n) is 5.11. The van der Waals surface area contributed by atoms with Crippen LogP contribution < -0.4 is 15.0 Å². The number of aliphatic hydroxyl groups is 1. The Morgan fingerprint density at radius 1 is 1.21 bits per heavy atom. The molecule has 0 bridgehead atoms. The Hall–Kier alpha value is -1.79. The van der Waals surface area contributed by atoms with Crippen molar-refractivity contribution in [2.24, 2.45) is 0 Å². The smallest absolute Gasteiger partial charge is 0.220 e. The molecule has 3 aliphatic heterocycles. The minimum absolute atomic E-state index is 0.196. The minimum Gasteiger partial charge on any atom is -0.497 e. The number of anilines is 1. The number of hydrogen-bond acceptors (Lipinski definition) is 5. The lowest BCUT2D eigenvalue weighted by Gasteiger charge is -2.42. The Kier molecular flexibility index (Phi) is 5.78. The number of amides is 1. The molecule has 6 heteroatoms. The van der Waals surface area contributed by atoms with Crippen molar-refractivity contribution in [3.63, 3.8) is 0 Å². The molecule has 154 valence electrons. The zero-order valence-electron chi connectivity index (χ0n) is 16.9. The van der Waals surface area contributed by atoms with Crippen LogP contribution >= 0.6 is 0 Å². The largest absolute Gasteiger partial charge is 0.497 e. The number of β-amino-alcohol motifs (C(OH)–C–C–N with tert-alkyl or cyclic N) is 1. The van der Waals surface area contributed by atoms with Crippen LogP contribution in [0.2, 0.25) is 0 Å². The van der Waals surface area contributed by atoms with Crippen molar-refractivity contribution in [2.75, 3.05) is 38.2 Å². The lowest BCUT2D eigenvalue weighted by molar-refractivity contribution is -0.122. The fraction of sp³-hybridized carbons (Fsp3) is 0.682. The molecule has 0 saturated carbocycles. The monoisotopic (exact) mass is 387 g/mol. The lowest BCUT2D eigenvalue weighted by Crippen LogP contribution is -2.54. The SMILES string of the molecule is COc1cccc(N2CCC(O)(CN3CC[C@@H]4NC(=O)CCCC[C@H]43)CC2)c1. The second-order valence-corrected chi connectivity index (χ2v) is 8.66. The fourth-order valence-corrected chi connectivity index (χ4v) is 5.11. The number of nitrogens with zero attached hydrogens (tertiary/aromatic N) is 2.